The van der Waals surface area contributed by atoms with E-state index in [1.165, 1.54) is 12.8 Å². The number of likely N-dealkylation sites (tertiary alicyclic amines) is 1. The van der Waals surface area contributed by atoms with Gasteiger partial charge >= 0.3 is 0 Å². The SMILES string of the molecule is CC1CCN(C(N)=NCC2COc3ccccc3O2)CC1. The Morgan fingerprint density at radius 3 is 2.76 bits per heavy atom. The summed E-state index contributed by atoms with van der Waals surface area (Å²) in [6.45, 7) is 5.34. The molecule has 0 bridgehead atoms. The normalized spacial score (nSPS) is 23.2. The fraction of sp³-hybridized carbons (Fsp3) is 0.562. The first-order valence-corrected chi connectivity index (χ1v) is 7.65. The Hall–Kier alpha value is -1.91. The maximum absolute atomic E-state index is 6.09. The Balaban J connectivity index is 1.54. The van der Waals surface area contributed by atoms with Crippen molar-refractivity contribution in [3.63, 3.8) is 0 Å². The average molecular weight is 289 g/mol. The molecule has 2 aliphatic heterocycles. The molecule has 2 aliphatic rings. The van der Waals surface area contributed by atoms with E-state index in [-0.39, 0.29) is 6.10 Å². The molecule has 2 heterocycles. The molecule has 1 atom stereocenters. The van der Waals surface area contributed by atoms with Crippen LogP contribution in [-0.4, -0.2) is 43.2 Å². The van der Waals surface area contributed by atoms with Crippen LogP contribution in [0.25, 0.3) is 0 Å². The van der Waals surface area contributed by atoms with Crippen molar-refractivity contribution in [1.82, 2.24) is 4.90 Å². The molecule has 114 valence electrons. The van der Waals surface area contributed by atoms with E-state index < -0.39 is 0 Å². The highest BCUT2D eigenvalue weighted by atomic mass is 16.6. The van der Waals surface area contributed by atoms with Gasteiger partial charge in [0.25, 0.3) is 0 Å². The van der Waals surface area contributed by atoms with E-state index in [2.05, 4.69) is 16.8 Å². The largest absolute Gasteiger partial charge is 0.486 e. The summed E-state index contributed by atoms with van der Waals surface area (Å²) in [5.41, 5.74) is 6.09. The van der Waals surface area contributed by atoms with E-state index in [0.717, 1.165) is 30.5 Å². The van der Waals surface area contributed by atoms with Gasteiger partial charge in [-0.3, -0.25) is 0 Å². The Morgan fingerprint density at radius 1 is 1.29 bits per heavy atom. The van der Waals surface area contributed by atoms with Gasteiger partial charge in [0.2, 0.25) is 0 Å². The second kappa shape index (κ2) is 6.24. The van der Waals surface area contributed by atoms with Crippen molar-refractivity contribution in [3.05, 3.63) is 24.3 Å². The number of nitrogens with zero attached hydrogens (tertiary/aromatic N) is 2. The molecule has 5 heteroatoms. The molecule has 0 spiro atoms. The van der Waals surface area contributed by atoms with Crippen LogP contribution in [0.3, 0.4) is 0 Å². The van der Waals surface area contributed by atoms with Crippen LogP contribution in [0.1, 0.15) is 19.8 Å². The number of para-hydroxylation sites is 2. The van der Waals surface area contributed by atoms with Gasteiger partial charge in [-0.05, 0) is 30.9 Å². The molecule has 0 aliphatic carbocycles. The monoisotopic (exact) mass is 289 g/mol. The molecule has 3 rings (SSSR count). The number of hydrogen-bond acceptors (Lipinski definition) is 3. The molecule has 0 saturated carbocycles. The molecule has 1 saturated heterocycles. The maximum atomic E-state index is 6.09. The lowest BCUT2D eigenvalue weighted by atomic mass is 10.00. The van der Waals surface area contributed by atoms with Crippen LogP contribution in [-0.2, 0) is 0 Å². The first-order valence-electron chi connectivity index (χ1n) is 7.65. The van der Waals surface area contributed by atoms with E-state index >= 15 is 0 Å². The van der Waals surface area contributed by atoms with Crippen LogP contribution in [0.2, 0.25) is 0 Å². The number of guanidine groups is 1. The molecule has 0 radical (unpaired) electrons. The van der Waals surface area contributed by atoms with Gasteiger partial charge in [0.1, 0.15) is 6.61 Å². The predicted molar refractivity (Wildman–Crippen MR) is 82.8 cm³/mol. The van der Waals surface area contributed by atoms with Crippen LogP contribution in [0.5, 0.6) is 11.5 Å². The van der Waals surface area contributed by atoms with E-state index in [4.69, 9.17) is 15.2 Å². The third kappa shape index (κ3) is 3.40. The van der Waals surface area contributed by atoms with E-state index in [9.17, 15) is 0 Å². The van der Waals surface area contributed by atoms with Crippen molar-refractivity contribution in [3.8, 4) is 11.5 Å². The molecule has 0 aromatic heterocycles. The van der Waals surface area contributed by atoms with Gasteiger partial charge in [0.05, 0.1) is 6.54 Å². The summed E-state index contributed by atoms with van der Waals surface area (Å²) in [7, 11) is 0. The minimum Gasteiger partial charge on any atom is -0.486 e. The maximum Gasteiger partial charge on any atom is 0.191 e. The first kappa shape index (κ1) is 14.0. The number of nitrogens with two attached hydrogens (primary N) is 1. The number of ether oxygens (including phenoxy) is 2. The zero-order valence-electron chi connectivity index (χ0n) is 12.5. The van der Waals surface area contributed by atoms with Crippen molar-refractivity contribution in [2.45, 2.75) is 25.9 Å². The first-order chi connectivity index (χ1) is 10.2. The zero-order valence-corrected chi connectivity index (χ0v) is 12.5. The Labute approximate surface area is 125 Å². The second-order valence-corrected chi connectivity index (χ2v) is 5.87. The lowest BCUT2D eigenvalue weighted by Gasteiger charge is -2.31. The van der Waals surface area contributed by atoms with Gasteiger partial charge in [-0.25, -0.2) is 4.99 Å². The summed E-state index contributed by atoms with van der Waals surface area (Å²) in [6.07, 6.45) is 2.31. The molecular formula is C16H23N3O2. The van der Waals surface area contributed by atoms with Crippen LogP contribution in [0, 0.1) is 5.92 Å². The van der Waals surface area contributed by atoms with E-state index in [0.29, 0.717) is 19.1 Å². The van der Waals surface area contributed by atoms with Crippen molar-refractivity contribution >= 4 is 5.96 Å². The third-order valence-electron chi connectivity index (χ3n) is 4.13. The third-order valence-corrected chi connectivity index (χ3v) is 4.13. The number of fused-ring (bicyclic) bond motifs is 1. The molecule has 1 aromatic rings. The number of benzene rings is 1. The Kier molecular flexibility index (Phi) is 4.18. The van der Waals surface area contributed by atoms with Gasteiger partial charge < -0.3 is 20.1 Å². The molecule has 21 heavy (non-hydrogen) atoms. The average Bonchev–Trinajstić information content (AvgIpc) is 2.53. The summed E-state index contributed by atoms with van der Waals surface area (Å²) < 4.78 is 11.6. The molecule has 1 fully saturated rings. The minimum atomic E-state index is -0.0674. The quantitative estimate of drug-likeness (QED) is 0.667. The van der Waals surface area contributed by atoms with Crippen LogP contribution in [0.15, 0.2) is 29.3 Å². The fourth-order valence-electron chi connectivity index (χ4n) is 2.69. The summed E-state index contributed by atoms with van der Waals surface area (Å²) in [5.74, 6) is 3.01. The lowest BCUT2D eigenvalue weighted by molar-refractivity contribution is 0.0969. The van der Waals surface area contributed by atoms with Crippen molar-refractivity contribution in [2.24, 2.45) is 16.6 Å². The fourth-order valence-corrected chi connectivity index (χ4v) is 2.69. The highest BCUT2D eigenvalue weighted by Crippen LogP contribution is 2.30. The zero-order chi connectivity index (χ0) is 14.7. The number of hydrogen-bond donors (Lipinski definition) is 1. The second-order valence-electron chi connectivity index (χ2n) is 5.87. The molecule has 0 amide bonds. The highest BCUT2D eigenvalue weighted by Gasteiger charge is 2.21. The summed E-state index contributed by atoms with van der Waals surface area (Å²) in [6, 6.07) is 7.71. The van der Waals surface area contributed by atoms with Crippen molar-refractivity contribution in [2.75, 3.05) is 26.2 Å². The van der Waals surface area contributed by atoms with Crippen molar-refractivity contribution < 1.29 is 9.47 Å². The standard InChI is InChI=1S/C16H23N3O2/c1-12-6-8-19(9-7-12)16(17)18-10-13-11-20-14-4-2-3-5-15(14)21-13/h2-5,12-13H,6-11H2,1H3,(H2,17,18). The summed E-state index contributed by atoms with van der Waals surface area (Å²) in [4.78, 5) is 6.65. The molecular weight excluding hydrogens is 266 g/mol. The van der Waals surface area contributed by atoms with E-state index in [1.807, 2.05) is 24.3 Å². The molecule has 5 nitrogen and oxygen atoms in total. The van der Waals surface area contributed by atoms with E-state index in [1.54, 1.807) is 0 Å². The van der Waals surface area contributed by atoms with Gasteiger partial charge in [0.15, 0.2) is 23.6 Å². The molecule has 2 N–H and O–H groups in total. The van der Waals surface area contributed by atoms with Crippen LogP contribution in [0.4, 0.5) is 0 Å². The van der Waals surface area contributed by atoms with Crippen LogP contribution < -0.4 is 15.2 Å². The number of aliphatic imine (C=N–C) groups is 1. The molecule has 1 unspecified atom stereocenters. The van der Waals surface area contributed by atoms with Crippen molar-refractivity contribution in [1.29, 1.82) is 0 Å². The lowest BCUT2D eigenvalue weighted by Crippen LogP contribution is -2.43. The van der Waals surface area contributed by atoms with Gasteiger partial charge in [-0.1, -0.05) is 19.1 Å². The van der Waals surface area contributed by atoms with Gasteiger partial charge in [0, 0.05) is 13.1 Å². The minimum absolute atomic E-state index is 0.0674. The number of piperidine rings is 1. The summed E-state index contributed by atoms with van der Waals surface area (Å²) in [5, 5.41) is 0. The topological polar surface area (TPSA) is 60.1 Å². The smallest absolute Gasteiger partial charge is 0.191 e. The Morgan fingerprint density at radius 2 is 2.00 bits per heavy atom. The van der Waals surface area contributed by atoms with Gasteiger partial charge in [-0.15, -0.1) is 0 Å². The van der Waals surface area contributed by atoms with Gasteiger partial charge in [-0.2, -0.15) is 0 Å². The number of rotatable bonds is 2. The van der Waals surface area contributed by atoms with Crippen LogP contribution >= 0.6 is 0 Å². The Bertz CT molecular complexity index is 510. The summed E-state index contributed by atoms with van der Waals surface area (Å²) >= 11 is 0. The highest BCUT2D eigenvalue weighted by molar-refractivity contribution is 5.78. The predicted octanol–water partition coefficient (Wildman–Crippen LogP) is 1.87. The molecule has 1 aromatic carbocycles.